The highest BCUT2D eigenvalue weighted by Crippen LogP contribution is 2.18. The molecule has 0 aliphatic rings. The Balaban J connectivity index is 4.47. The average Bonchev–Trinajstić information content (AvgIpc) is 2.67. The SMILES string of the molecule is CCCCC/C(=C/CC(O)C(CC(O)CCCCCCCC=O)[N+](=O)[O-])[N+](=O)[O-]. The summed E-state index contributed by atoms with van der Waals surface area (Å²) in [6, 6.07) is -1.36. The second kappa shape index (κ2) is 17.0. The van der Waals surface area contributed by atoms with E-state index >= 15 is 0 Å². The van der Waals surface area contributed by atoms with Crippen LogP contribution in [0.4, 0.5) is 0 Å². The fourth-order valence-electron chi connectivity index (χ4n) is 3.16. The van der Waals surface area contributed by atoms with E-state index in [1.165, 1.54) is 6.08 Å². The fraction of sp³-hybridized carbons (Fsp3) is 0.850. The first-order valence-corrected chi connectivity index (χ1v) is 10.6. The molecule has 0 fully saturated rings. The largest absolute Gasteiger partial charge is 0.393 e. The van der Waals surface area contributed by atoms with Gasteiger partial charge in [0.05, 0.1) is 11.0 Å². The molecular formula is C20H36N2O7. The summed E-state index contributed by atoms with van der Waals surface area (Å²) < 4.78 is 0. The zero-order valence-electron chi connectivity index (χ0n) is 17.4. The van der Waals surface area contributed by atoms with Crippen LogP contribution in [-0.2, 0) is 4.79 Å². The molecule has 0 aromatic heterocycles. The highest BCUT2D eigenvalue weighted by molar-refractivity contribution is 5.48. The molecule has 0 spiro atoms. The normalized spacial score (nSPS) is 14.9. The van der Waals surface area contributed by atoms with Gasteiger partial charge in [0.25, 0.3) is 0 Å². The number of carbonyl (C=O) groups excluding carboxylic acids is 1. The van der Waals surface area contributed by atoms with Crippen molar-refractivity contribution in [3.63, 3.8) is 0 Å². The van der Waals surface area contributed by atoms with Crippen LogP contribution in [0.2, 0.25) is 0 Å². The van der Waals surface area contributed by atoms with E-state index in [1.807, 2.05) is 6.92 Å². The summed E-state index contributed by atoms with van der Waals surface area (Å²) in [5.74, 6) is 0. The molecule has 0 radical (unpaired) electrons. The topological polar surface area (TPSA) is 144 Å². The van der Waals surface area contributed by atoms with E-state index in [0.717, 1.165) is 44.8 Å². The summed E-state index contributed by atoms with van der Waals surface area (Å²) in [6.07, 6.45) is 7.47. The predicted molar refractivity (Wildman–Crippen MR) is 110 cm³/mol. The van der Waals surface area contributed by atoms with Crippen molar-refractivity contribution in [2.24, 2.45) is 0 Å². The zero-order valence-corrected chi connectivity index (χ0v) is 17.4. The minimum Gasteiger partial charge on any atom is -0.393 e. The molecular weight excluding hydrogens is 380 g/mol. The quantitative estimate of drug-likeness (QED) is 0.141. The van der Waals surface area contributed by atoms with Crippen molar-refractivity contribution < 1.29 is 24.9 Å². The van der Waals surface area contributed by atoms with Crippen molar-refractivity contribution in [1.82, 2.24) is 0 Å². The van der Waals surface area contributed by atoms with E-state index in [2.05, 4.69) is 0 Å². The molecule has 0 saturated carbocycles. The molecule has 0 aromatic rings. The summed E-state index contributed by atoms with van der Waals surface area (Å²) in [5.41, 5.74) is -0.0327. The first-order valence-electron chi connectivity index (χ1n) is 10.6. The number of carbonyl (C=O) groups is 1. The third-order valence-corrected chi connectivity index (χ3v) is 4.95. The molecule has 29 heavy (non-hydrogen) atoms. The van der Waals surface area contributed by atoms with Gasteiger partial charge in [-0.05, 0) is 25.3 Å². The van der Waals surface area contributed by atoms with Crippen LogP contribution >= 0.6 is 0 Å². The Morgan fingerprint density at radius 1 is 1.00 bits per heavy atom. The van der Waals surface area contributed by atoms with Crippen LogP contribution in [0.25, 0.3) is 0 Å². The van der Waals surface area contributed by atoms with Crippen LogP contribution in [-0.4, -0.2) is 44.6 Å². The molecule has 0 aromatic carbocycles. The van der Waals surface area contributed by atoms with Gasteiger partial charge in [-0.3, -0.25) is 20.2 Å². The van der Waals surface area contributed by atoms with Gasteiger partial charge < -0.3 is 15.0 Å². The molecule has 2 N–H and O–H groups in total. The molecule has 0 aliphatic carbocycles. The van der Waals surface area contributed by atoms with E-state index in [1.54, 1.807) is 0 Å². The van der Waals surface area contributed by atoms with Crippen molar-refractivity contribution in [1.29, 1.82) is 0 Å². The number of aldehydes is 1. The van der Waals surface area contributed by atoms with Crippen molar-refractivity contribution >= 4 is 6.29 Å². The van der Waals surface area contributed by atoms with Gasteiger partial charge in [0, 0.05) is 30.6 Å². The van der Waals surface area contributed by atoms with Crippen LogP contribution in [0.5, 0.6) is 0 Å². The van der Waals surface area contributed by atoms with Crippen molar-refractivity contribution in [3.05, 3.63) is 32.0 Å². The van der Waals surface area contributed by atoms with E-state index in [9.17, 15) is 35.2 Å². The minimum absolute atomic E-state index is 0.0327. The average molecular weight is 417 g/mol. The summed E-state index contributed by atoms with van der Waals surface area (Å²) in [6.45, 7) is 1.99. The molecule has 9 heteroatoms. The number of unbranched alkanes of at least 4 members (excludes halogenated alkanes) is 7. The molecule has 0 aliphatic heterocycles. The zero-order chi connectivity index (χ0) is 22.1. The number of aliphatic hydroxyl groups is 2. The summed E-state index contributed by atoms with van der Waals surface area (Å²) in [5, 5.41) is 42.6. The third-order valence-electron chi connectivity index (χ3n) is 4.95. The highest BCUT2D eigenvalue weighted by Gasteiger charge is 2.32. The van der Waals surface area contributed by atoms with Gasteiger partial charge in [-0.15, -0.1) is 0 Å². The number of hydrogen-bond acceptors (Lipinski definition) is 7. The maximum Gasteiger partial charge on any atom is 0.242 e. The lowest BCUT2D eigenvalue weighted by molar-refractivity contribution is -0.536. The molecule has 3 unspecified atom stereocenters. The Bertz CT molecular complexity index is 511. The van der Waals surface area contributed by atoms with Crippen LogP contribution < -0.4 is 0 Å². The summed E-state index contributed by atoms with van der Waals surface area (Å²) >= 11 is 0. The van der Waals surface area contributed by atoms with E-state index in [-0.39, 0.29) is 25.0 Å². The molecule has 0 amide bonds. The van der Waals surface area contributed by atoms with Gasteiger partial charge >= 0.3 is 0 Å². The first-order chi connectivity index (χ1) is 13.8. The van der Waals surface area contributed by atoms with Crippen LogP contribution in [0, 0.1) is 20.2 Å². The lowest BCUT2D eigenvalue weighted by atomic mass is 9.97. The second-order valence-corrected chi connectivity index (χ2v) is 7.47. The van der Waals surface area contributed by atoms with E-state index in [0.29, 0.717) is 25.7 Å². The van der Waals surface area contributed by atoms with Gasteiger partial charge in [0.15, 0.2) is 0 Å². The number of nitro groups is 2. The maximum atomic E-state index is 11.3. The molecule has 9 nitrogen and oxygen atoms in total. The molecule has 0 saturated heterocycles. The molecule has 3 atom stereocenters. The minimum atomic E-state index is -1.39. The number of allylic oxidation sites excluding steroid dienone is 1. The van der Waals surface area contributed by atoms with Gasteiger partial charge in [-0.25, -0.2) is 0 Å². The Hall–Kier alpha value is -1.87. The molecule has 0 bridgehead atoms. The Labute approximate surface area is 172 Å². The smallest absolute Gasteiger partial charge is 0.242 e. The molecule has 0 heterocycles. The molecule has 168 valence electrons. The van der Waals surface area contributed by atoms with Crippen LogP contribution in [0.3, 0.4) is 0 Å². The van der Waals surface area contributed by atoms with Crippen LogP contribution in [0.15, 0.2) is 11.8 Å². The monoisotopic (exact) mass is 416 g/mol. The summed E-state index contributed by atoms with van der Waals surface area (Å²) in [4.78, 5) is 31.5. The highest BCUT2D eigenvalue weighted by atomic mass is 16.6. The first kappa shape index (κ1) is 27.1. The number of rotatable bonds is 19. The van der Waals surface area contributed by atoms with Crippen molar-refractivity contribution in [2.45, 2.75) is 109 Å². The number of nitrogens with zero attached hydrogens (tertiary/aromatic N) is 2. The predicted octanol–water partition coefficient (Wildman–Crippen LogP) is 3.80. The van der Waals surface area contributed by atoms with Crippen molar-refractivity contribution in [2.75, 3.05) is 0 Å². The van der Waals surface area contributed by atoms with Gasteiger partial charge in [-0.1, -0.05) is 45.4 Å². The number of hydrogen-bond donors (Lipinski definition) is 2. The standard InChI is InChI=1S/C20H36N2O7/c1-2-3-8-11-17(21(26)27)13-14-20(25)19(22(28)29)16-18(24)12-9-6-4-5-7-10-15-23/h13,15,18-20,24-25H,2-12,14,16H2,1H3/b17-13-. The lowest BCUT2D eigenvalue weighted by Gasteiger charge is -2.18. The Morgan fingerprint density at radius 3 is 2.24 bits per heavy atom. The Morgan fingerprint density at radius 2 is 1.66 bits per heavy atom. The second-order valence-electron chi connectivity index (χ2n) is 7.47. The van der Waals surface area contributed by atoms with E-state index < -0.39 is 28.1 Å². The maximum absolute atomic E-state index is 11.3. The van der Waals surface area contributed by atoms with Gasteiger partial charge in [0.1, 0.15) is 12.4 Å². The Kier molecular flexibility index (Phi) is 15.9. The van der Waals surface area contributed by atoms with Crippen molar-refractivity contribution in [3.8, 4) is 0 Å². The van der Waals surface area contributed by atoms with E-state index in [4.69, 9.17) is 0 Å². The van der Waals surface area contributed by atoms with Crippen LogP contribution in [0.1, 0.15) is 90.4 Å². The van der Waals surface area contributed by atoms with Gasteiger partial charge in [0.2, 0.25) is 11.7 Å². The lowest BCUT2D eigenvalue weighted by Crippen LogP contribution is -2.36. The summed E-state index contributed by atoms with van der Waals surface area (Å²) in [7, 11) is 0. The number of aliphatic hydroxyl groups excluding tert-OH is 2. The third kappa shape index (κ3) is 13.9. The fourth-order valence-corrected chi connectivity index (χ4v) is 3.16. The van der Waals surface area contributed by atoms with Gasteiger partial charge in [-0.2, -0.15) is 0 Å². The molecule has 0 rings (SSSR count).